The van der Waals surface area contributed by atoms with Gasteiger partial charge in [-0.15, -0.1) is 8.78 Å². The van der Waals surface area contributed by atoms with Crippen LogP contribution in [-0.2, 0) is 38.6 Å². The Morgan fingerprint density at radius 2 is 1.53 bits per heavy atom. The van der Waals surface area contributed by atoms with E-state index < -0.39 is 53.9 Å². The van der Waals surface area contributed by atoms with Gasteiger partial charge in [-0.3, -0.25) is 9.69 Å². The fourth-order valence-corrected chi connectivity index (χ4v) is 6.24. The molecule has 300 valence electrons. The first kappa shape index (κ1) is 40.2. The molecule has 16 heteroatoms. The van der Waals surface area contributed by atoms with E-state index in [9.17, 15) is 28.0 Å². The van der Waals surface area contributed by atoms with Gasteiger partial charge in [-0.05, 0) is 105 Å². The summed E-state index contributed by atoms with van der Waals surface area (Å²) in [5.41, 5.74) is 1.50. The predicted molar refractivity (Wildman–Crippen MR) is 200 cm³/mol. The minimum atomic E-state index is -3.83. The number of alkyl halides is 2. The largest absolute Gasteiger partial charge is 0.586 e. The molecule has 0 aliphatic carbocycles. The monoisotopic (exact) mass is 788 g/mol. The molecule has 0 bridgehead atoms. The first-order valence-corrected chi connectivity index (χ1v) is 18.0. The van der Waals surface area contributed by atoms with Gasteiger partial charge in [0.05, 0.1) is 32.7 Å². The summed E-state index contributed by atoms with van der Waals surface area (Å²) >= 11 is 0. The second kappa shape index (κ2) is 16.3. The van der Waals surface area contributed by atoms with Gasteiger partial charge in [0.15, 0.2) is 17.5 Å². The first-order chi connectivity index (χ1) is 27.0. The highest BCUT2D eigenvalue weighted by molar-refractivity contribution is 6.08. The van der Waals surface area contributed by atoms with Crippen molar-refractivity contribution in [2.24, 2.45) is 5.92 Å². The maximum atomic E-state index is 13.8. The van der Waals surface area contributed by atoms with Crippen LogP contribution in [0.4, 0.5) is 24.2 Å². The van der Waals surface area contributed by atoms with Gasteiger partial charge >= 0.3 is 24.4 Å². The van der Waals surface area contributed by atoms with E-state index in [1.165, 1.54) is 36.4 Å². The van der Waals surface area contributed by atoms with Crippen molar-refractivity contribution in [3.8, 4) is 23.0 Å². The number of fused-ring (bicyclic) bond motifs is 1. The van der Waals surface area contributed by atoms with Crippen molar-refractivity contribution in [3.63, 3.8) is 0 Å². The second-order valence-corrected chi connectivity index (χ2v) is 14.4. The lowest BCUT2D eigenvalue weighted by Crippen LogP contribution is -2.69. The number of hydrogen-bond donors (Lipinski definition) is 1. The molecule has 3 atom stereocenters. The number of rotatable bonds is 12. The zero-order valence-electron chi connectivity index (χ0n) is 32.1. The Morgan fingerprint density at radius 3 is 2.16 bits per heavy atom. The summed E-state index contributed by atoms with van der Waals surface area (Å²) in [6.07, 6.45) is -3.03. The van der Waals surface area contributed by atoms with E-state index in [0.717, 1.165) is 10.5 Å². The van der Waals surface area contributed by atoms with Crippen molar-refractivity contribution >= 4 is 29.8 Å². The SMILES string of the molecule is COc1ccc(COC(=O)[C@@H]2C(Cc3ccnc(N(Cc4ccc(OC)cc4)C(=O)OC(C)(C)C)c3)C(=O)N2C(=O)N[C@H](C)c2ccc3c(c2)OC(F)(F)O3)cc1. The van der Waals surface area contributed by atoms with E-state index in [4.69, 9.17) is 18.9 Å². The number of likely N-dealkylation sites (tertiary alicyclic amines) is 1. The van der Waals surface area contributed by atoms with Crippen LogP contribution in [-0.4, -0.2) is 66.0 Å². The third kappa shape index (κ3) is 9.51. The lowest BCUT2D eigenvalue weighted by molar-refractivity contribution is -0.286. The van der Waals surface area contributed by atoms with Gasteiger partial charge in [-0.2, -0.15) is 0 Å². The molecule has 0 spiro atoms. The molecule has 0 radical (unpaired) electrons. The number of carbonyl (C=O) groups excluding carboxylic acids is 4. The van der Waals surface area contributed by atoms with Crippen molar-refractivity contribution < 1.29 is 56.4 Å². The fraction of sp³-hybridized carbons (Fsp3) is 0.341. The smallest absolute Gasteiger partial charge is 0.497 e. The number of urea groups is 1. The van der Waals surface area contributed by atoms with Crippen molar-refractivity contribution in [1.29, 1.82) is 0 Å². The van der Waals surface area contributed by atoms with Crippen molar-refractivity contribution in [3.05, 3.63) is 107 Å². The molecule has 4 aromatic rings. The number of hydrogen-bond acceptors (Lipinski definition) is 11. The van der Waals surface area contributed by atoms with E-state index in [-0.39, 0.29) is 36.9 Å². The van der Waals surface area contributed by atoms with E-state index in [2.05, 4.69) is 19.8 Å². The Bertz CT molecular complexity index is 2130. The topological polar surface area (TPSA) is 155 Å². The molecular formula is C41H42F2N4O10. The molecule has 1 N–H and O–H groups in total. The zero-order valence-corrected chi connectivity index (χ0v) is 32.1. The number of aromatic nitrogens is 1. The molecule has 3 heterocycles. The number of nitrogens with zero attached hydrogens (tertiary/aromatic N) is 3. The highest BCUT2D eigenvalue weighted by atomic mass is 19.3. The minimum absolute atomic E-state index is 0.0168. The Balaban J connectivity index is 1.23. The predicted octanol–water partition coefficient (Wildman–Crippen LogP) is 6.95. The molecule has 1 fully saturated rings. The molecule has 57 heavy (non-hydrogen) atoms. The lowest BCUT2D eigenvalue weighted by atomic mass is 9.82. The number of benzene rings is 3. The number of esters is 1. The molecule has 1 aromatic heterocycles. The van der Waals surface area contributed by atoms with Gasteiger partial charge in [0.2, 0.25) is 5.91 Å². The van der Waals surface area contributed by atoms with Gasteiger partial charge in [-0.1, -0.05) is 30.3 Å². The van der Waals surface area contributed by atoms with Crippen LogP contribution >= 0.6 is 0 Å². The molecule has 4 amide bonds. The standard InChI is InChI=1S/C41H42F2N4O10/c1-24(28-11-16-32-33(21-28)56-41(42,43)55-32)45-38(50)47-35(37(49)54-23-26-9-14-30(53-6)15-10-26)31(36(47)48)19-27-17-18-44-34(20-27)46(39(51)57-40(2,3)4)22-25-7-12-29(52-5)13-8-25/h7-18,20-21,24,31,35H,19,22-23H2,1-6H3,(H,45,50)/t24-,31?,35+/m1/s1. The van der Waals surface area contributed by atoms with Gasteiger partial charge < -0.3 is 33.7 Å². The normalized spacial score (nSPS) is 17.2. The number of amides is 4. The number of imide groups is 1. The highest BCUT2D eigenvalue weighted by Crippen LogP contribution is 2.42. The number of carbonyl (C=O) groups is 4. The summed E-state index contributed by atoms with van der Waals surface area (Å²) < 4.78 is 58.0. The quantitative estimate of drug-likeness (QED) is 0.117. The zero-order chi connectivity index (χ0) is 41.1. The summed E-state index contributed by atoms with van der Waals surface area (Å²) in [4.78, 5) is 61.3. The van der Waals surface area contributed by atoms with Crippen LogP contribution in [0.1, 0.15) is 56.0 Å². The summed E-state index contributed by atoms with van der Waals surface area (Å²) in [6, 6.07) is 18.2. The van der Waals surface area contributed by atoms with Crippen LogP contribution in [0.25, 0.3) is 0 Å². The lowest BCUT2D eigenvalue weighted by Gasteiger charge is -2.44. The van der Waals surface area contributed by atoms with Gasteiger partial charge in [-0.25, -0.2) is 24.3 Å². The van der Waals surface area contributed by atoms with Crippen LogP contribution in [0.15, 0.2) is 85.1 Å². The van der Waals surface area contributed by atoms with Crippen molar-refractivity contribution in [2.75, 3.05) is 19.1 Å². The number of nitrogens with one attached hydrogen (secondary N) is 1. The minimum Gasteiger partial charge on any atom is -0.497 e. The number of halogens is 2. The van der Waals surface area contributed by atoms with E-state index in [1.807, 2.05) is 0 Å². The van der Waals surface area contributed by atoms with Crippen molar-refractivity contribution in [1.82, 2.24) is 15.2 Å². The number of ether oxygens (including phenoxy) is 6. The molecule has 1 unspecified atom stereocenters. The Hall–Kier alpha value is -6.45. The summed E-state index contributed by atoms with van der Waals surface area (Å²) in [5.74, 6) is -1.43. The Morgan fingerprint density at radius 1 is 0.895 bits per heavy atom. The van der Waals surface area contributed by atoms with Gasteiger partial charge in [0.1, 0.15) is 29.5 Å². The summed E-state index contributed by atoms with van der Waals surface area (Å²) in [5, 5.41) is 2.67. The number of β-lactam (4-membered cyclic amide) rings is 1. The van der Waals surface area contributed by atoms with Crippen LogP contribution in [0.5, 0.6) is 23.0 Å². The van der Waals surface area contributed by atoms with Crippen molar-refractivity contribution in [2.45, 2.75) is 71.2 Å². The number of methoxy groups -OCH3 is 2. The average Bonchev–Trinajstić information content (AvgIpc) is 3.49. The molecule has 1 saturated heterocycles. The van der Waals surface area contributed by atoms with E-state index >= 15 is 0 Å². The van der Waals surface area contributed by atoms with E-state index in [1.54, 1.807) is 95.5 Å². The fourth-order valence-electron chi connectivity index (χ4n) is 6.24. The third-order valence-electron chi connectivity index (χ3n) is 9.14. The molecule has 14 nitrogen and oxygen atoms in total. The summed E-state index contributed by atoms with van der Waals surface area (Å²) in [6.45, 7) is 6.76. The Labute approximate surface area is 327 Å². The van der Waals surface area contributed by atoms with Crippen LogP contribution in [0.2, 0.25) is 0 Å². The van der Waals surface area contributed by atoms with Gasteiger partial charge in [0.25, 0.3) is 0 Å². The van der Waals surface area contributed by atoms with E-state index in [0.29, 0.717) is 28.2 Å². The third-order valence-corrected chi connectivity index (χ3v) is 9.14. The molecular weight excluding hydrogens is 746 g/mol. The van der Waals surface area contributed by atoms with Gasteiger partial charge in [0, 0.05) is 6.20 Å². The molecule has 0 saturated carbocycles. The highest BCUT2D eigenvalue weighted by Gasteiger charge is 2.55. The molecule has 6 rings (SSSR count). The second-order valence-electron chi connectivity index (χ2n) is 14.4. The maximum absolute atomic E-state index is 13.8. The number of anilines is 1. The average molecular weight is 789 g/mol. The molecule has 2 aliphatic heterocycles. The first-order valence-electron chi connectivity index (χ1n) is 18.0. The van der Waals surface area contributed by atoms with Crippen LogP contribution in [0.3, 0.4) is 0 Å². The van der Waals surface area contributed by atoms with Crippen LogP contribution < -0.4 is 29.2 Å². The van der Waals surface area contributed by atoms with Crippen LogP contribution in [0, 0.1) is 5.92 Å². The number of pyridine rings is 1. The molecule has 3 aromatic carbocycles. The summed E-state index contributed by atoms with van der Waals surface area (Å²) in [7, 11) is 3.08. The maximum Gasteiger partial charge on any atom is 0.586 e. The molecule has 2 aliphatic rings. The Kier molecular flexibility index (Phi) is 11.5.